The zero-order valence-corrected chi connectivity index (χ0v) is 15.9. The van der Waals surface area contributed by atoms with Crippen molar-refractivity contribution in [3.8, 4) is 5.75 Å². The van der Waals surface area contributed by atoms with Gasteiger partial charge in [0.15, 0.2) is 0 Å². The molecule has 126 valence electrons. The highest BCUT2D eigenvalue weighted by atomic mass is 79.9. The van der Waals surface area contributed by atoms with Gasteiger partial charge in [-0.25, -0.2) is 0 Å². The van der Waals surface area contributed by atoms with Crippen LogP contribution in [0.25, 0.3) is 0 Å². The van der Waals surface area contributed by atoms with Crippen molar-refractivity contribution in [1.29, 1.82) is 0 Å². The zero-order chi connectivity index (χ0) is 16.7. The van der Waals surface area contributed by atoms with Crippen LogP contribution in [0.5, 0.6) is 5.75 Å². The minimum absolute atomic E-state index is 0.0785. The summed E-state index contributed by atoms with van der Waals surface area (Å²) in [4.78, 5) is 14.8. The lowest BCUT2D eigenvalue weighted by Crippen LogP contribution is -2.72. The van der Waals surface area contributed by atoms with Crippen molar-refractivity contribution < 1.29 is 9.53 Å². The van der Waals surface area contributed by atoms with Crippen LogP contribution < -0.4 is 4.74 Å². The van der Waals surface area contributed by atoms with Gasteiger partial charge in [0.2, 0.25) is 5.91 Å². The van der Waals surface area contributed by atoms with Gasteiger partial charge in [0.05, 0.1) is 18.6 Å². The molecular formula is C19H26BrNO2. The number of ether oxygens (including phenoxy) is 1. The van der Waals surface area contributed by atoms with Crippen LogP contribution in [0.1, 0.15) is 51.5 Å². The van der Waals surface area contributed by atoms with Gasteiger partial charge >= 0.3 is 0 Å². The molecule has 1 aromatic rings. The Morgan fingerprint density at radius 3 is 2.35 bits per heavy atom. The largest absolute Gasteiger partial charge is 0.497 e. The van der Waals surface area contributed by atoms with Gasteiger partial charge in [0, 0.05) is 10.9 Å². The Kier molecular flexibility index (Phi) is 4.47. The average Bonchev–Trinajstić information content (AvgIpc) is 2.55. The second kappa shape index (κ2) is 6.12. The van der Waals surface area contributed by atoms with Crippen LogP contribution in [0.4, 0.5) is 0 Å². The summed E-state index contributed by atoms with van der Waals surface area (Å²) in [6.45, 7) is 4.88. The van der Waals surface area contributed by atoms with Gasteiger partial charge in [0.1, 0.15) is 5.75 Å². The molecule has 1 unspecified atom stereocenters. The third kappa shape index (κ3) is 2.90. The molecule has 1 heterocycles. The molecule has 0 aromatic heterocycles. The lowest BCUT2D eigenvalue weighted by molar-refractivity contribution is -0.173. The number of methoxy groups -OCH3 is 1. The average molecular weight is 380 g/mol. The standard InChI is InChI=1S/C19H26BrNO2/c1-18(2)16(19(20)11-5-4-6-12-19)21(17(18)22)13-14-7-9-15(23-3)10-8-14/h7-10,16H,4-6,11-13H2,1-3H3. The number of benzene rings is 1. The van der Waals surface area contributed by atoms with Gasteiger partial charge in [-0.05, 0) is 44.4 Å². The maximum atomic E-state index is 12.7. The highest BCUT2D eigenvalue weighted by Gasteiger charge is 2.61. The first-order valence-corrected chi connectivity index (χ1v) is 9.31. The van der Waals surface area contributed by atoms with Crippen molar-refractivity contribution >= 4 is 21.8 Å². The van der Waals surface area contributed by atoms with Gasteiger partial charge in [-0.15, -0.1) is 0 Å². The van der Waals surface area contributed by atoms with Crippen molar-refractivity contribution in [2.24, 2.45) is 5.41 Å². The summed E-state index contributed by atoms with van der Waals surface area (Å²) in [5, 5.41) is 0. The van der Waals surface area contributed by atoms with Crippen molar-refractivity contribution in [2.45, 2.75) is 62.9 Å². The van der Waals surface area contributed by atoms with E-state index in [1.807, 2.05) is 12.1 Å². The van der Waals surface area contributed by atoms with E-state index in [1.54, 1.807) is 7.11 Å². The fourth-order valence-electron chi connectivity index (χ4n) is 4.36. The van der Waals surface area contributed by atoms with E-state index < -0.39 is 0 Å². The Bertz CT molecular complexity index is 576. The van der Waals surface area contributed by atoms with Crippen LogP contribution in [0.3, 0.4) is 0 Å². The van der Waals surface area contributed by atoms with Crippen LogP contribution in [0.2, 0.25) is 0 Å². The molecule has 23 heavy (non-hydrogen) atoms. The minimum atomic E-state index is -0.271. The van der Waals surface area contributed by atoms with E-state index >= 15 is 0 Å². The Labute approximate surface area is 147 Å². The number of rotatable bonds is 4. The van der Waals surface area contributed by atoms with E-state index in [1.165, 1.54) is 19.3 Å². The summed E-state index contributed by atoms with van der Waals surface area (Å²) in [5.74, 6) is 1.12. The maximum absolute atomic E-state index is 12.7. The minimum Gasteiger partial charge on any atom is -0.497 e. The van der Waals surface area contributed by atoms with Gasteiger partial charge in [-0.3, -0.25) is 4.79 Å². The van der Waals surface area contributed by atoms with Crippen molar-refractivity contribution in [1.82, 2.24) is 4.90 Å². The van der Waals surface area contributed by atoms with E-state index in [-0.39, 0.29) is 21.7 Å². The number of β-lactam (4-membered cyclic amide) rings is 1. The third-order valence-electron chi connectivity index (χ3n) is 5.49. The topological polar surface area (TPSA) is 29.5 Å². The summed E-state index contributed by atoms with van der Waals surface area (Å²) in [7, 11) is 1.67. The predicted molar refractivity (Wildman–Crippen MR) is 95.9 cm³/mol. The molecule has 3 rings (SSSR count). The normalized spacial score (nSPS) is 25.8. The van der Waals surface area contributed by atoms with Crippen molar-refractivity contribution in [2.75, 3.05) is 7.11 Å². The predicted octanol–water partition coefficient (Wildman–Crippen LogP) is 4.53. The zero-order valence-electron chi connectivity index (χ0n) is 14.3. The number of carbonyl (C=O) groups excluding carboxylic acids is 1. The maximum Gasteiger partial charge on any atom is 0.230 e. The van der Waals surface area contributed by atoms with E-state index in [9.17, 15) is 4.79 Å². The SMILES string of the molecule is COc1ccc(CN2C(=O)C(C)(C)C2C2(Br)CCCCC2)cc1. The van der Waals surface area contributed by atoms with Crippen LogP contribution in [-0.4, -0.2) is 28.3 Å². The van der Waals surface area contributed by atoms with E-state index in [2.05, 4.69) is 46.8 Å². The Morgan fingerprint density at radius 2 is 1.78 bits per heavy atom. The lowest BCUT2D eigenvalue weighted by Gasteiger charge is -2.60. The first kappa shape index (κ1) is 16.8. The summed E-state index contributed by atoms with van der Waals surface area (Å²) < 4.78 is 5.29. The van der Waals surface area contributed by atoms with Crippen LogP contribution in [-0.2, 0) is 11.3 Å². The Hall–Kier alpha value is -1.03. The fourth-order valence-corrected chi connectivity index (χ4v) is 5.74. The van der Waals surface area contributed by atoms with Crippen molar-refractivity contribution in [3.05, 3.63) is 29.8 Å². The molecule has 1 saturated carbocycles. The molecule has 1 atom stereocenters. The van der Waals surface area contributed by atoms with Crippen LogP contribution >= 0.6 is 15.9 Å². The molecule has 0 radical (unpaired) electrons. The molecule has 2 aliphatic rings. The monoisotopic (exact) mass is 379 g/mol. The van der Waals surface area contributed by atoms with Crippen LogP contribution in [0.15, 0.2) is 24.3 Å². The molecule has 1 aromatic carbocycles. The summed E-state index contributed by atoms with van der Waals surface area (Å²) in [5.41, 5.74) is 0.888. The molecular weight excluding hydrogens is 354 g/mol. The third-order valence-corrected chi connectivity index (χ3v) is 6.72. The lowest BCUT2D eigenvalue weighted by atomic mass is 9.64. The van der Waals surface area contributed by atoms with Crippen LogP contribution in [0, 0.1) is 5.41 Å². The summed E-state index contributed by atoms with van der Waals surface area (Å²) in [6.07, 6.45) is 6.14. The van der Waals surface area contributed by atoms with Gasteiger partial charge in [0.25, 0.3) is 0 Å². The quantitative estimate of drug-likeness (QED) is 0.567. The number of likely N-dealkylation sites (tertiary alicyclic amines) is 1. The molecule has 2 fully saturated rings. The molecule has 1 amide bonds. The molecule has 1 saturated heterocycles. The number of hydrogen-bond donors (Lipinski definition) is 0. The number of nitrogens with zero attached hydrogens (tertiary/aromatic N) is 1. The number of alkyl halides is 1. The number of carbonyl (C=O) groups is 1. The highest BCUT2D eigenvalue weighted by Crippen LogP contribution is 2.53. The van der Waals surface area contributed by atoms with E-state index in [4.69, 9.17) is 4.74 Å². The second-order valence-electron chi connectivity index (χ2n) is 7.50. The molecule has 4 heteroatoms. The molecule has 1 aliphatic carbocycles. The molecule has 0 bridgehead atoms. The first-order valence-electron chi connectivity index (χ1n) is 8.51. The van der Waals surface area contributed by atoms with E-state index in [0.29, 0.717) is 6.54 Å². The fraction of sp³-hybridized carbons (Fsp3) is 0.632. The van der Waals surface area contributed by atoms with Gasteiger partial charge < -0.3 is 9.64 Å². The summed E-state index contributed by atoms with van der Waals surface area (Å²) in [6, 6.07) is 8.30. The van der Waals surface area contributed by atoms with E-state index in [0.717, 1.165) is 24.2 Å². The molecule has 0 spiro atoms. The Morgan fingerprint density at radius 1 is 1.17 bits per heavy atom. The summed E-state index contributed by atoms with van der Waals surface area (Å²) >= 11 is 4.04. The molecule has 3 nitrogen and oxygen atoms in total. The molecule has 0 N–H and O–H groups in total. The highest BCUT2D eigenvalue weighted by molar-refractivity contribution is 9.10. The molecule has 1 aliphatic heterocycles. The van der Waals surface area contributed by atoms with Gasteiger partial charge in [-0.1, -0.05) is 47.3 Å². The number of amides is 1. The van der Waals surface area contributed by atoms with Crippen molar-refractivity contribution in [3.63, 3.8) is 0 Å². The number of halogens is 1. The first-order chi connectivity index (χ1) is 10.9. The Balaban J connectivity index is 1.80. The smallest absolute Gasteiger partial charge is 0.230 e. The second-order valence-corrected chi connectivity index (χ2v) is 9.08. The number of hydrogen-bond acceptors (Lipinski definition) is 2. The van der Waals surface area contributed by atoms with Gasteiger partial charge in [-0.2, -0.15) is 0 Å².